The van der Waals surface area contributed by atoms with Crippen LogP contribution >= 0.6 is 11.3 Å². The molecule has 5 nitrogen and oxygen atoms in total. The molecular weight excluding hydrogens is 356 g/mol. The van der Waals surface area contributed by atoms with Crippen LogP contribution in [0.15, 0.2) is 29.6 Å². The molecule has 6 heteroatoms. The molecule has 2 aromatic heterocycles. The number of carbonyl (C=O) groups excluding carboxylic acids is 1. The van der Waals surface area contributed by atoms with Crippen molar-refractivity contribution in [3.63, 3.8) is 0 Å². The van der Waals surface area contributed by atoms with Gasteiger partial charge in [-0.3, -0.25) is 4.79 Å². The summed E-state index contributed by atoms with van der Waals surface area (Å²) in [4.78, 5) is 19.3. The summed E-state index contributed by atoms with van der Waals surface area (Å²) >= 11 is 1.58. The van der Waals surface area contributed by atoms with Crippen LogP contribution in [0, 0.1) is 20.8 Å². The van der Waals surface area contributed by atoms with Crippen LogP contribution in [0.2, 0.25) is 0 Å². The minimum absolute atomic E-state index is 0.206. The number of nitrogens with zero attached hydrogens (tertiary/aromatic N) is 4. The molecule has 1 saturated heterocycles. The van der Waals surface area contributed by atoms with Crippen LogP contribution in [0.3, 0.4) is 0 Å². The smallest absolute Gasteiger partial charge is 0.227 e. The SMILES string of the molecule is Cc1ccc(-c2csc(-n3nc(C)c(CC(=O)N4CCCC4)c3C)n2)cc1. The second-order valence-electron chi connectivity index (χ2n) is 7.21. The average molecular weight is 381 g/mol. The van der Waals surface area contributed by atoms with E-state index in [1.165, 1.54) is 5.56 Å². The van der Waals surface area contributed by atoms with Crippen molar-refractivity contribution < 1.29 is 4.79 Å². The van der Waals surface area contributed by atoms with Gasteiger partial charge < -0.3 is 4.90 Å². The highest BCUT2D eigenvalue weighted by molar-refractivity contribution is 7.12. The molecular formula is C21H24N4OS. The van der Waals surface area contributed by atoms with Gasteiger partial charge in [0.15, 0.2) is 0 Å². The zero-order chi connectivity index (χ0) is 19.0. The van der Waals surface area contributed by atoms with E-state index in [0.29, 0.717) is 6.42 Å². The third-order valence-electron chi connectivity index (χ3n) is 5.25. The number of amides is 1. The predicted molar refractivity (Wildman–Crippen MR) is 108 cm³/mol. The fourth-order valence-corrected chi connectivity index (χ4v) is 4.40. The first-order valence-electron chi connectivity index (χ1n) is 9.39. The number of carbonyl (C=O) groups is 1. The molecule has 0 bridgehead atoms. The number of benzene rings is 1. The maximum Gasteiger partial charge on any atom is 0.227 e. The zero-order valence-corrected chi connectivity index (χ0v) is 16.8. The number of hydrogen-bond donors (Lipinski definition) is 0. The summed E-state index contributed by atoms with van der Waals surface area (Å²) in [6.07, 6.45) is 2.65. The van der Waals surface area contributed by atoms with E-state index in [-0.39, 0.29) is 5.91 Å². The monoisotopic (exact) mass is 380 g/mol. The Kier molecular flexibility index (Phi) is 4.83. The van der Waals surface area contributed by atoms with Gasteiger partial charge in [0.1, 0.15) is 0 Å². The summed E-state index contributed by atoms with van der Waals surface area (Å²) in [6, 6.07) is 8.38. The summed E-state index contributed by atoms with van der Waals surface area (Å²) in [5.41, 5.74) is 6.24. The molecule has 140 valence electrons. The highest BCUT2D eigenvalue weighted by Gasteiger charge is 2.22. The van der Waals surface area contributed by atoms with E-state index in [4.69, 9.17) is 4.98 Å². The van der Waals surface area contributed by atoms with Crippen molar-refractivity contribution >= 4 is 17.2 Å². The van der Waals surface area contributed by atoms with Gasteiger partial charge in [0.2, 0.25) is 11.0 Å². The Hall–Kier alpha value is -2.47. The summed E-state index contributed by atoms with van der Waals surface area (Å²) in [5.74, 6) is 0.206. The summed E-state index contributed by atoms with van der Waals surface area (Å²) in [5, 5.41) is 7.58. The topological polar surface area (TPSA) is 51.0 Å². The number of aromatic nitrogens is 3. The Morgan fingerprint density at radius 2 is 1.81 bits per heavy atom. The van der Waals surface area contributed by atoms with E-state index in [2.05, 4.69) is 41.7 Å². The van der Waals surface area contributed by atoms with Crippen molar-refractivity contribution in [2.75, 3.05) is 13.1 Å². The van der Waals surface area contributed by atoms with Crippen molar-refractivity contribution in [2.45, 2.75) is 40.0 Å². The van der Waals surface area contributed by atoms with Gasteiger partial charge in [0.05, 0.1) is 17.8 Å². The highest BCUT2D eigenvalue weighted by Crippen LogP contribution is 2.27. The molecule has 0 saturated carbocycles. The van der Waals surface area contributed by atoms with Crippen LogP contribution in [0.5, 0.6) is 0 Å². The van der Waals surface area contributed by atoms with Crippen LogP contribution in [0.4, 0.5) is 0 Å². The Balaban J connectivity index is 1.59. The van der Waals surface area contributed by atoms with Gasteiger partial charge in [-0.05, 0) is 33.6 Å². The normalized spacial score (nSPS) is 14.1. The summed E-state index contributed by atoms with van der Waals surface area (Å²) in [6.45, 7) is 7.86. The molecule has 4 rings (SSSR count). The van der Waals surface area contributed by atoms with Crippen molar-refractivity contribution in [3.05, 3.63) is 52.2 Å². The molecule has 1 aliphatic rings. The standard InChI is InChI=1S/C21H24N4OS/c1-14-6-8-17(9-7-14)19-13-27-21(22-19)25-16(3)18(15(2)23-25)12-20(26)24-10-4-5-11-24/h6-9,13H,4-5,10-12H2,1-3H3. The zero-order valence-electron chi connectivity index (χ0n) is 16.0. The molecule has 0 spiro atoms. The van der Waals surface area contributed by atoms with Crippen molar-refractivity contribution in [1.82, 2.24) is 19.7 Å². The molecule has 3 aromatic rings. The number of thiazole rings is 1. The quantitative estimate of drug-likeness (QED) is 0.685. The Bertz CT molecular complexity index is 965. The van der Waals surface area contributed by atoms with Crippen molar-refractivity contribution in [1.29, 1.82) is 0 Å². The van der Waals surface area contributed by atoms with E-state index in [0.717, 1.165) is 59.3 Å². The van der Waals surface area contributed by atoms with Gasteiger partial charge in [0, 0.05) is 35.3 Å². The average Bonchev–Trinajstić information content (AvgIpc) is 3.39. The van der Waals surface area contributed by atoms with Gasteiger partial charge in [0.25, 0.3) is 0 Å². The molecule has 1 amide bonds. The lowest BCUT2D eigenvalue weighted by molar-refractivity contribution is -0.129. The van der Waals surface area contributed by atoms with Crippen LogP contribution in [0.25, 0.3) is 16.4 Å². The van der Waals surface area contributed by atoms with Crippen molar-refractivity contribution in [3.8, 4) is 16.4 Å². The van der Waals surface area contributed by atoms with E-state index in [1.54, 1.807) is 11.3 Å². The van der Waals surface area contributed by atoms with Gasteiger partial charge in [-0.15, -0.1) is 11.3 Å². The molecule has 0 atom stereocenters. The molecule has 1 aromatic carbocycles. The lowest BCUT2D eigenvalue weighted by atomic mass is 10.1. The second-order valence-corrected chi connectivity index (χ2v) is 8.04. The fourth-order valence-electron chi connectivity index (χ4n) is 3.57. The lowest BCUT2D eigenvalue weighted by Crippen LogP contribution is -2.29. The third kappa shape index (κ3) is 3.54. The Morgan fingerprint density at radius 3 is 2.52 bits per heavy atom. The Morgan fingerprint density at radius 1 is 1.11 bits per heavy atom. The summed E-state index contributed by atoms with van der Waals surface area (Å²) in [7, 11) is 0. The third-order valence-corrected chi connectivity index (χ3v) is 6.06. The first-order chi connectivity index (χ1) is 13.0. The number of hydrogen-bond acceptors (Lipinski definition) is 4. The molecule has 0 unspecified atom stereocenters. The molecule has 3 heterocycles. The van der Waals surface area contributed by atoms with Crippen LogP contribution < -0.4 is 0 Å². The maximum absolute atomic E-state index is 12.6. The van der Waals surface area contributed by atoms with Crippen LogP contribution in [-0.4, -0.2) is 38.7 Å². The number of likely N-dealkylation sites (tertiary alicyclic amines) is 1. The van der Waals surface area contributed by atoms with Gasteiger partial charge in [-0.25, -0.2) is 9.67 Å². The number of aryl methyl sites for hydroxylation is 2. The molecule has 1 aliphatic heterocycles. The van der Waals surface area contributed by atoms with Gasteiger partial charge >= 0.3 is 0 Å². The molecule has 1 fully saturated rings. The molecule has 0 N–H and O–H groups in total. The minimum atomic E-state index is 0.206. The minimum Gasteiger partial charge on any atom is -0.342 e. The first kappa shape index (κ1) is 17.9. The molecule has 0 radical (unpaired) electrons. The predicted octanol–water partition coefficient (Wildman–Crippen LogP) is 4.09. The fraction of sp³-hybridized carbons (Fsp3) is 0.381. The van der Waals surface area contributed by atoms with Crippen molar-refractivity contribution in [2.24, 2.45) is 0 Å². The van der Waals surface area contributed by atoms with E-state index < -0.39 is 0 Å². The van der Waals surface area contributed by atoms with E-state index in [9.17, 15) is 4.79 Å². The van der Waals surface area contributed by atoms with Gasteiger partial charge in [-0.1, -0.05) is 29.8 Å². The molecule has 27 heavy (non-hydrogen) atoms. The largest absolute Gasteiger partial charge is 0.342 e. The van der Waals surface area contributed by atoms with E-state index >= 15 is 0 Å². The lowest BCUT2D eigenvalue weighted by Gasteiger charge is -2.15. The Labute approximate surface area is 163 Å². The summed E-state index contributed by atoms with van der Waals surface area (Å²) < 4.78 is 1.88. The van der Waals surface area contributed by atoms with Crippen LogP contribution in [0.1, 0.15) is 35.4 Å². The first-order valence-corrected chi connectivity index (χ1v) is 10.3. The van der Waals surface area contributed by atoms with Gasteiger partial charge in [-0.2, -0.15) is 5.10 Å². The van der Waals surface area contributed by atoms with Crippen LogP contribution in [-0.2, 0) is 11.2 Å². The molecule has 0 aliphatic carbocycles. The number of rotatable bonds is 4. The second kappa shape index (κ2) is 7.27. The highest BCUT2D eigenvalue weighted by atomic mass is 32.1. The van der Waals surface area contributed by atoms with E-state index in [1.807, 2.05) is 23.4 Å². The maximum atomic E-state index is 12.6.